The maximum absolute atomic E-state index is 13.6. The van der Waals surface area contributed by atoms with E-state index in [-0.39, 0.29) is 44.2 Å². The molecule has 0 bridgehead atoms. The van der Waals surface area contributed by atoms with Gasteiger partial charge in [0.2, 0.25) is 0 Å². The number of likely N-dealkylation sites (tertiary alicyclic amines) is 1. The van der Waals surface area contributed by atoms with Gasteiger partial charge in [-0.25, -0.2) is 0 Å². The van der Waals surface area contributed by atoms with Crippen molar-refractivity contribution in [1.29, 1.82) is 0 Å². The van der Waals surface area contributed by atoms with Crippen LogP contribution in [0.2, 0.25) is 0 Å². The first-order valence-corrected chi connectivity index (χ1v) is 12.8. The van der Waals surface area contributed by atoms with Crippen molar-refractivity contribution in [3.8, 4) is 27.2 Å². The fraction of sp³-hybridized carbons (Fsp3) is 0.222. The minimum absolute atomic E-state index is 0. The standard InChI is InChI=1S/C27H25NO4Se.ClH/c29-20-7-3-19(4-8-20)27-25(23-12-9-21(30)17-24(23)33-27)26(31)18-5-10-22(11-6-18)32-16-15-28-13-1-2-14-28;/h3-12,17,29-30H,1-2,13-16H2;1H. The number of carbonyl (C=O) groups excluding carboxylic acids is 1. The zero-order chi connectivity index (χ0) is 22.8. The van der Waals surface area contributed by atoms with Crippen LogP contribution in [0, 0.1) is 0 Å². The van der Waals surface area contributed by atoms with Gasteiger partial charge in [0, 0.05) is 0 Å². The second kappa shape index (κ2) is 10.7. The van der Waals surface area contributed by atoms with Crippen LogP contribution in [0.1, 0.15) is 28.8 Å². The summed E-state index contributed by atoms with van der Waals surface area (Å²) in [6.07, 6.45) is 2.53. The van der Waals surface area contributed by atoms with E-state index in [2.05, 4.69) is 4.90 Å². The summed E-state index contributed by atoms with van der Waals surface area (Å²) >= 11 is -0.130. The molecular weight excluding hydrogens is 517 g/mol. The van der Waals surface area contributed by atoms with E-state index in [1.165, 1.54) is 12.8 Å². The number of hydrogen-bond donors (Lipinski definition) is 2. The van der Waals surface area contributed by atoms with Crippen molar-refractivity contribution >= 4 is 42.3 Å². The van der Waals surface area contributed by atoms with Crippen LogP contribution in [-0.4, -0.2) is 61.6 Å². The van der Waals surface area contributed by atoms with Gasteiger partial charge < -0.3 is 0 Å². The quantitative estimate of drug-likeness (QED) is 0.251. The Kier molecular flexibility index (Phi) is 7.64. The molecule has 0 radical (unpaired) electrons. The molecule has 1 aromatic heterocycles. The molecular formula is C27H26ClNO4Se. The molecule has 3 aromatic carbocycles. The number of halogens is 1. The molecule has 34 heavy (non-hydrogen) atoms. The zero-order valence-electron chi connectivity index (χ0n) is 18.6. The average molecular weight is 543 g/mol. The summed E-state index contributed by atoms with van der Waals surface area (Å²) in [6, 6.07) is 19.5. The van der Waals surface area contributed by atoms with Gasteiger partial charge in [-0.05, 0) is 12.8 Å². The number of phenolic OH excluding ortho intramolecular Hbond substituents is 2. The van der Waals surface area contributed by atoms with Crippen molar-refractivity contribution in [1.82, 2.24) is 4.90 Å². The molecule has 0 unspecified atom stereocenters. The molecule has 0 spiro atoms. The normalized spacial score (nSPS) is 13.6. The third kappa shape index (κ3) is 5.16. The first-order valence-electron chi connectivity index (χ1n) is 11.1. The van der Waals surface area contributed by atoms with Gasteiger partial charge in [-0.2, -0.15) is 0 Å². The summed E-state index contributed by atoms with van der Waals surface area (Å²) in [5.41, 5.74) is 2.18. The van der Waals surface area contributed by atoms with Gasteiger partial charge in [0.1, 0.15) is 0 Å². The number of nitrogens with zero attached hydrogens (tertiary/aromatic N) is 1. The molecule has 1 aliphatic rings. The van der Waals surface area contributed by atoms with Crippen LogP contribution in [0.4, 0.5) is 0 Å². The number of aromatic hydroxyl groups is 2. The Labute approximate surface area is 210 Å². The predicted molar refractivity (Wildman–Crippen MR) is 138 cm³/mol. The van der Waals surface area contributed by atoms with E-state index in [0.717, 1.165) is 45.0 Å². The van der Waals surface area contributed by atoms with Crippen LogP contribution in [0.5, 0.6) is 17.2 Å². The van der Waals surface area contributed by atoms with E-state index in [4.69, 9.17) is 4.74 Å². The van der Waals surface area contributed by atoms with Crippen molar-refractivity contribution in [3.63, 3.8) is 0 Å². The Morgan fingerprint density at radius 3 is 2.29 bits per heavy atom. The van der Waals surface area contributed by atoms with Gasteiger partial charge in [-0.1, -0.05) is 0 Å². The first-order chi connectivity index (χ1) is 16.1. The summed E-state index contributed by atoms with van der Waals surface area (Å²) < 4.78 is 7.83. The molecule has 2 heterocycles. The van der Waals surface area contributed by atoms with Gasteiger partial charge >= 0.3 is 186 Å². The van der Waals surface area contributed by atoms with E-state index < -0.39 is 0 Å². The van der Waals surface area contributed by atoms with Gasteiger partial charge in [-0.15, -0.1) is 12.4 Å². The molecule has 1 saturated heterocycles. The molecule has 0 amide bonds. The second-order valence-corrected chi connectivity index (χ2v) is 10.5. The molecule has 0 aliphatic carbocycles. The number of rotatable bonds is 7. The Balaban J connectivity index is 0.00000274. The van der Waals surface area contributed by atoms with Gasteiger partial charge in [0.25, 0.3) is 0 Å². The third-order valence-corrected chi connectivity index (χ3v) is 8.54. The molecule has 176 valence electrons. The van der Waals surface area contributed by atoms with Crippen LogP contribution in [-0.2, 0) is 0 Å². The Morgan fingerprint density at radius 1 is 0.912 bits per heavy atom. The summed E-state index contributed by atoms with van der Waals surface area (Å²) in [6.45, 7) is 3.87. The predicted octanol–water partition coefficient (Wildman–Crippen LogP) is 5.10. The monoisotopic (exact) mass is 543 g/mol. The Morgan fingerprint density at radius 2 is 1.59 bits per heavy atom. The van der Waals surface area contributed by atoms with Crippen LogP contribution in [0.15, 0.2) is 66.7 Å². The van der Waals surface area contributed by atoms with Gasteiger partial charge in [-0.3, -0.25) is 0 Å². The number of ketones is 1. The van der Waals surface area contributed by atoms with Crippen molar-refractivity contribution in [2.24, 2.45) is 0 Å². The fourth-order valence-electron chi connectivity index (χ4n) is 4.27. The van der Waals surface area contributed by atoms with E-state index in [9.17, 15) is 15.0 Å². The molecule has 0 atom stereocenters. The van der Waals surface area contributed by atoms with Crippen LogP contribution >= 0.6 is 12.4 Å². The SMILES string of the molecule is Cl.O=C(c1ccc(OCCN2CCCC2)cc1)c1c(-c2ccc(O)cc2)[se]c2cc(O)ccc12. The average Bonchev–Trinajstić information content (AvgIpc) is 3.47. The molecule has 4 aromatic rings. The molecule has 1 fully saturated rings. The number of benzene rings is 3. The van der Waals surface area contributed by atoms with Crippen LogP contribution < -0.4 is 4.74 Å². The van der Waals surface area contributed by atoms with Crippen molar-refractivity contribution in [3.05, 3.63) is 77.9 Å². The maximum atomic E-state index is 13.6. The fourth-order valence-corrected chi connectivity index (χ4v) is 6.87. The third-order valence-electron chi connectivity index (χ3n) is 6.02. The number of hydrogen-bond acceptors (Lipinski definition) is 5. The van der Waals surface area contributed by atoms with E-state index in [1.807, 2.05) is 42.5 Å². The molecule has 2 N–H and O–H groups in total. The van der Waals surface area contributed by atoms with Crippen LogP contribution in [0.25, 0.3) is 19.6 Å². The summed E-state index contributed by atoms with van der Waals surface area (Å²) in [4.78, 5) is 16.0. The van der Waals surface area contributed by atoms with Gasteiger partial charge in [0.05, 0.1) is 0 Å². The zero-order valence-corrected chi connectivity index (χ0v) is 21.1. The number of ether oxygens (including phenoxy) is 1. The van der Waals surface area contributed by atoms with Crippen molar-refractivity contribution in [2.45, 2.75) is 12.8 Å². The summed E-state index contributed by atoms with van der Waals surface area (Å²) in [5, 5.41) is 20.5. The number of fused-ring (bicyclic) bond motifs is 1. The van der Waals surface area contributed by atoms with E-state index >= 15 is 0 Å². The number of phenols is 2. The molecule has 5 nitrogen and oxygen atoms in total. The minimum atomic E-state index is -0.130. The molecule has 1 aliphatic heterocycles. The second-order valence-electron chi connectivity index (χ2n) is 8.28. The van der Waals surface area contributed by atoms with Gasteiger partial charge in [0.15, 0.2) is 0 Å². The van der Waals surface area contributed by atoms with Crippen molar-refractivity contribution in [2.75, 3.05) is 26.2 Å². The summed E-state index contributed by atoms with van der Waals surface area (Å²) in [5.74, 6) is 1.10. The number of carbonyl (C=O) groups is 1. The molecule has 0 saturated carbocycles. The Bertz CT molecular complexity index is 1280. The van der Waals surface area contributed by atoms with E-state index in [0.29, 0.717) is 17.7 Å². The Hall–Kier alpha value is -2.76. The summed E-state index contributed by atoms with van der Waals surface area (Å²) in [7, 11) is 0. The molecule has 5 rings (SSSR count). The van der Waals surface area contributed by atoms with Crippen molar-refractivity contribution < 1.29 is 19.7 Å². The topological polar surface area (TPSA) is 70.0 Å². The first kappa shape index (κ1) is 24.4. The molecule has 7 heteroatoms. The van der Waals surface area contributed by atoms with E-state index in [1.54, 1.807) is 24.3 Å². The van der Waals surface area contributed by atoms with Crippen LogP contribution in [0.3, 0.4) is 0 Å².